The Balaban J connectivity index is 1.63. The van der Waals surface area contributed by atoms with Gasteiger partial charge in [0, 0.05) is 23.2 Å². The van der Waals surface area contributed by atoms with Gasteiger partial charge in [0.1, 0.15) is 29.8 Å². The van der Waals surface area contributed by atoms with Crippen molar-refractivity contribution in [2.75, 3.05) is 0 Å². The van der Waals surface area contributed by atoms with Crippen molar-refractivity contribution in [3.8, 4) is 17.4 Å². The second-order valence-corrected chi connectivity index (χ2v) is 6.92. The number of rotatable bonds is 6. The van der Waals surface area contributed by atoms with Crippen molar-refractivity contribution in [3.63, 3.8) is 0 Å². The molecule has 1 N–H and O–H groups in total. The van der Waals surface area contributed by atoms with Crippen LogP contribution in [0.3, 0.4) is 0 Å². The number of carbonyl (C=O) groups excluding carboxylic acids is 1. The average molecular weight is 409 g/mol. The number of aryl methyl sites for hydroxylation is 1. The van der Waals surface area contributed by atoms with E-state index in [1.807, 2.05) is 6.07 Å². The fourth-order valence-electron chi connectivity index (χ4n) is 3.24. The molecule has 0 aliphatic carbocycles. The molecular formula is C22H20FN3O4. The quantitative estimate of drug-likeness (QED) is 0.623. The molecule has 3 rings (SSSR count). The van der Waals surface area contributed by atoms with E-state index >= 15 is 0 Å². The van der Waals surface area contributed by atoms with Crippen LogP contribution in [0, 0.1) is 37.9 Å². The van der Waals surface area contributed by atoms with Crippen molar-refractivity contribution < 1.29 is 18.4 Å². The molecule has 7 nitrogen and oxygen atoms in total. The van der Waals surface area contributed by atoms with Crippen LogP contribution in [0.4, 0.5) is 4.39 Å². The van der Waals surface area contributed by atoms with Gasteiger partial charge in [-0.25, -0.2) is 4.39 Å². The Bertz CT molecular complexity index is 1190. The summed E-state index contributed by atoms with van der Waals surface area (Å²) in [5.41, 5.74) is 3.43. The molecule has 0 spiro atoms. The molecule has 154 valence electrons. The number of pyridine rings is 1. The summed E-state index contributed by atoms with van der Waals surface area (Å²) < 4.78 is 23.7. The molecule has 0 radical (unpaired) electrons. The topological polar surface area (TPSA) is 109 Å². The molecule has 0 aliphatic heterocycles. The molecule has 0 saturated heterocycles. The van der Waals surface area contributed by atoms with Crippen LogP contribution in [0.1, 0.15) is 40.1 Å². The van der Waals surface area contributed by atoms with Gasteiger partial charge in [-0.05, 0) is 62.6 Å². The fourth-order valence-corrected chi connectivity index (χ4v) is 3.24. The van der Waals surface area contributed by atoms with Gasteiger partial charge in [-0.1, -0.05) is 5.16 Å². The minimum Gasteiger partial charge on any atom is -0.459 e. The Morgan fingerprint density at radius 1 is 1.23 bits per heavy atom. The van der Waals surface area contributed by atoms with Crippen LogP contribution < -0.4 is 5.56 Å². The summed E-state index contributed by atoms with van der Waals surface area (Å²) in [5.74, 6) is -0.297. The molecule has 0 unspecified atom stereocenters. The van der Waals surface area contributed by atoms with Gasteiger partial charge in [-0.15, -0.1) is 0 Å². The van der Waals surface area contributed by atoms with Crippen molar-refractivity contribution in [1.82, 2.24) is 10.1 Å². The van der Waals surface area contributed by atoms with Gasteiger partial charge in [0.25, 0.3) is 5.56 Å². The van der Waals surface area contributed by atoms with E-state index in [4.69, 9.17) is 14.5 Å². The van der Waals surface area contributed by atoms with Crippen molar-refractivity contribution in [2.24, 2.45) is 0 Å². The molecule has 2 heterocycles. The zero-order chi connectivity index (χ0) is 21.8. The maximum Gasteiger partial charge on any atom is 0.306 e. The summed E-state index contributed by atoms with van der Waals surface area (Å²) >= 11 is 0. The van der Waals surface area contributed by atoms with Crippen LogP contribution in [-0.4, -0.2) is 16.1 Å². The minimum atomic E-state index is -0.441. The standard InChI is InChI=1S/C22H20FN3O4/c1-12-17(14(3)25-22(28)18(12)10-24)8-9-20(27)29-11-19-13(2)21(30-26-19)15-4-6-16(23)7-5-15/h4-7H,8-9,11H2,1-3H3,(H,25,28). The third-order valence-electron chi connectivity index (χ3n) is 5.00. The fraction of sp³-hybridized carbons (Fsp3) is 0.273. The molecule has 8 heteroatoms. The molecule has 1 aromatic carbocycles. The van der Waals surface area contributed by atoms with Gasteiger partial charge in [-0.3, -0.25) is 9.59 Å². The number of H-pyrrole nitrogens is 1. The Labute approximate surface area is 172 Å². The first-order valence-electron chi connectivity index (χ1n) is 9.31. The Kier molecular flexibility index (Phi) is 6.11. The highest BCUT2D eigenvalue weighted by atomic mass is 19.1. The van der Waals surface area contributed by atoms with Gasteiger partial charge in [-0.2, -0.15) is 5.26 Å². The Morgan fingerprint density at radius 2 is 1.93 bits per heavy atom. The van der Waals surface area contributed by atoms with Gasteiger partial charge >= 0.3 is 5.97 Å². The summed E-state index contributed by atoms with van der Waals surface area (Å²) in [6, 6.07) is 7.72. The van der Waals surface area contributed by atoms with Crippen LogP contribution in [-0.2, 0) is 22.6 Å². The normalized spacial score (nSPS) is 10.6. The Morgan fingerprint density at radius 3 is 2.60 bits per heavy atom. The maximum absolute atomic E-state index is 13.1. The predicted octanol–water partition coefficient (Wildman–Crippen LogP) is 3.64. The number of nitrogens with one attached hydrogen (secondary N) is 1. The molecule has 0 saturated carbocycles. The van der Waals surface area contributed by atoms with Crippen molar-refractivity contribution in [3.05, 3.63) is 74.1 Å². The molecule has 30 heavy (non-hydrogen) atoms. The number of ether oxygens (including phenoxy) is 1. The molecule has 0 aliphatic rings. The lowest BCUT2D eigenvalue weighted by atomic mass is 9.99. The number of halogens is 1. The van der Waals surface area contributed by atoms with E-state index < -0.39 is 11.5 Å². The monoisotopic (exact) mass is 409 g/mol. The second-order valence-electron chi connectivity index (χ2n) is 6.92. The zero-order valence-electron chi connectivity index (χ0n) is 16.8. The molecule has 0 atom stereocenters. The highest BCUT2D eigenvalue weighted by Gasteiger charge is 2.17. The van der Waals surface area contributed by atoms with Crippen LogP contribution in [0.5, 0.6) is 0 Å². The first-order valence-corrected chi connectivity index (χ1v) is 9.31. The number of esters is 1. The number of aromatic amines is 1. The van der Waals surface area contributed by atoms with Crippen molar-refractivity contribution in [1.29, 1.82) is 5.26 Å². The van der Waals surface area contributed by atoms with Gasteiger partial charge < -0.3 is 14.2 Å². The van der Waals surface area contributed by atoms with E-state index in [9.17, 15) is 14.0 Å². The number of hydrogen-bond acceptors (Lipinski definition) is 6. The average Bonchev–Trinajstić information content (AvgIpc) is 3.07. The van der Waals surface area contributed by atoms with E-state index in [1.54, 1.807) is 32.9 Å². The molecule has 0 amide bonds. The Hall–Kier alpha value is -3.73. The van der Waals surface area contributed by atoms with Gasteiger partial charge in [0.2, 0.25) is 0 Å². The molecule has 0 bridgehead atoms. The molecular weight excluding hydrogens is 389 g/mol. The highest BCUT2D eigenvalue weighted by Crippen LogP contribution is 2.26. The first-order chi connectivity index (χ1) is 14.3. The van der Waals surface area contributed by atoms with Crippen LogP contribution in [0.15, 0.2) is 33.6 Å². The zero-order valence-corrected chi connectivity index (χ0v) is 16.8. The number of nitrogens with zero attached hydrogens (tertiary/aromatic N) is 2. The lowest BCUT2D eigenvalue weighted by molar-refractivity contribution is -0.145. The number of carbonyl (C=O) groups is 1. The maximum atomic E-state index is 13.1. The van der Waals surface area contributed by atoms with E-state index in [1.165, 1.54) is 12.1 Å². The lowest BCUT2D eigenvalue weighted by Crippen LogP contribution is -2.17. The van der Waals surface area contributed by atoms with E-state index in [0.29, 0.717) is 40.3 Å². The number of hydrogen-bond donors (Lipinski definition) is 1. The van der Waals surface area contributed by atoms with Crippen LogP contribution >= 0.6 is 0 Å². The first kappa shape index (κ1) is 21.0. The van der Waals surface area contributed by atoms with Gasteiger partial charge in [0.15, 0.2) is 5.76 Å². The predicted molar refractivity (Wildman–Crippen MR) is 106 cm³/mol. The molecule has 0 fully saturated rings. The van der Waals surface area contributed by atoms with E-state index in [0.717, 1.165) is 5.56 Å². The summed E-state index contributed by atoms with van der Waals surface area (Å²) in [6.45, 7) is 5.15. The highest BCUT2D eigenvalue weighted by molar-refractivity contribution is 5.70. The van der Waals surface area contributed by atoms with Crippen molar-refractivity contribution >= 4 is 5.97 Å². The number of aromatic nitrogens is 2. The summed E-state index contributed by atoms with van der Waals surface area (Å²) in [6.07, 6.45) is 0.418. The SMILES string of the molecule is Cc1[nH]c(=O)c(C#N)c(C)c1CCC(=O)OCc1noc(-c2ccc(F)cc2)c1C. The van der Waals surface area contributed by atoms with Gasteiger partial charge in [0.05, 0.1) is 0 Å². The smallest absolute Gasteiger partial charge is 0.306 e. The summed E-state index contributed by atoms with van der Waals surface area (Å²) in [5, 5.41) is 13.1. The minimum absolute atomic E-state index is 0.0514. The third-order valence-corrected chi connectivity index (χ3v) is 5.00. The third kappa shape index (κ3) is 4.30. The molecule has 2 aromatic heterocycles. The van der Waals surface area contributed by atoms with Crippen molar-refractivity contribution in [2.45, 2.75) is 40.2 Å². The largest absolute Gasteiger partial charge is 0.459 e. The second kappa shape index (κ2) is 8.74. The summed E-state index contributed by atoms with van der Waals surface area (Å²) in [7, 11) is 0. The van der Waals surface area contributed by atoms with Crippen LogP contribution in [0.2, 0.25) is 0 Å². The summed E-state index contributed by atoms with van der Waals surface area (Å²) in [4.78, 5) is 26.6. The number of benzene rings is 1. The van der Waals surface area contributed by atoms with E-state index in [2.05, 4.69) is 10.1 Å². The number of nitriles is 1. The van der Waals surface area contributed by atoms with E-state index in [-0.39, 0.29) is 24.4 Å². The molecule has 3 aromatic rings. The lowest BCUT2D eigenvalue weighted by Gasteiger charge is -2.10. The van der Waals surface area contributed by atoms with Crippen LogP contribution in [0.25, 0.3) is 11.3 Å².